The normalized spacial score (nSPS) is 22.1. The van der Waals surface area contributed by atoms with Gasteiger partial charge in [0.05, 0.1) is 5.69 Å². The fourth-order valence-corrected chi connectivity index (χ4v) is 2.99. The van der Waals surface area contributed by atoms with E-state index >= 15 is 0 Å². The van der Waals surface area contributed by atoms with Crippen LogP contribution in [0.5, 0.6) is 11.5 Å². The summed E-state index contributed by atoms with van der Waals surface area (Å²) in [7, 11) is 0. The first-order chi connectivity index (χ1) is 9.33. The van der Waals surface area contributed by atoms with E-state index in [1.165, 1.54) is 19.3 Å². The van der Waals surface area contributed by atoms with Crippen LogP contribution in [0.25, 0.3) is 0 Å². The first-order valence-electron chi connectivity index (χ1n) is 6.89. The van der Waals surface area contributed by atoms with E-state index in [0.717, 1.165) is 34.7 Å². The van der Waals surface area contributed by atoms with Gasteiger partial charge in [0, 0.05) is 29.2 Å². The summed E-state index contributed by atoms with van der Waals surface area (Å²) in [6, 6.07) is 4.56. The lowest BCUT2D eigenvalue weighted by Crippen LogP contribution is -2.39. The summed E-state index contributed by atoms with van der Waals surface area (Å²) in [5.74, 6) is 1.65. The van der Waals surface area contributed by atoms with Crippen molar-refractivity contribution >= 4 is 21.6 Å². The highest BCUT2D eigenvalue weighted by atomic mass is 79.9. The zero-order valence-electron chi connectivity index (χ0n) is 10.9. The number of hydrogen-bond donors (Lipinski definition) is 2. The molecule has 0 amide bonds. The maximum Gasteiger partial charge on any atom is 0.163 e. The van der Waals surface area contributed by atoms with Gasteiger partial charge in [-0.05, 0) is 35.3 Å². The molecule has 0 bridgehead atoms. The number of halogens is 1. The minimum atomic E-state index is 0.564. The summed E-state index contributed by atoms with van der Waals surface area (Å²) in [5, 5.41) is 7.03. The number of fused-ring (bicyclic) bond motifs is 1. The molecule has 0 saturated carbocycles. The summed E-state index contributed by atoms with van der Waals surface area (Å²) < 4.78 is 12.2. The van der Waals surface area contributed by atoms with E-state index in [1.807, 2.05) is 12.1 Å². The van der Waals surface area contributed by atoms with Gasteiger partial charge in [-0.1, -0.05) is 6.42 Å². The molecule has 2 heterocycles. The Morgan fingerprint density at radius 3 is 2.74 bits per heavy atom. The first-order valence-corrected chi connectivity index (χ1v) is 7.68. The van der Waals surface area contributed by atoms with Gasteiger partial charge < -0.3 is 20.1 Å². The van der Waals surface area contributed by atoms with Crippen LogP contribution < -0.4 is 20.1 Å². The summed E-state index contributed by atoms with van der Waals surface area (Å²) >= 11 is 3.58. The number of ether oxygens (including phenoxy) is 2. The van der Waals surface area contributed by atoms with Crippen molar-refractivity contribution in [3.63, 3.8) is 0 Å². The molecular formula is C14H19BrN2O2. The van der Waals surface area contributed by atoms with Crippen molar-refractivity contribution in [3.8, 4) is 11.5 Å². The predicted octanol–water partition coefficient (Wildman–Crippen LogP) is 2.77. The largest absolute Gasteiger partial charge is 0.486 e. The van der Waals surface area contributed by atoms with Gasteiger partial charge in [-0.2, -0.15) is 0 Å². The number of anilines is 1. The van der Waals surface area contributed by atoms with Crippen LogP contribution in [0.1, 0.15) is 19.3 Å². The lowest BCUT2D eigenvalue weighted by Gasteiger charge is -2.25. The molecule has 1 fully saturated rings. The fourth-order valence-electron chi connectivity index (χ4n) is 2.53. The van der Waals surface area contributed by atoms with Crippen LogP contribution in [0.2, 0.25) is 0 Å². The molecule has 0 aromatic heterocycles. The third-order valence-corrected chi connectivity index (χ3v) is 4.24. The van der Waals surface area contributed by atoms with Gasteiger partial charge in [0.25, 0.3) is 0 Å². The molecule has 2 aliphatic heterocycles. The second-order valence-electron chi connectivity index (χ2n) is 5.00. The highest BCUT2D eigenvalue weighted by molar-refractivity contribution is 9.10. The van der Waals surface area contributed by atoms with Crippen LogP contribution >= 0.6 is 15.9 Å². The molecule has 19 heavy (non-hydrogen) atoms. The van der Waals surface area contributed by atoms with Crippen LogP contribution in [-0.4, -0.2) is 32.3 Å². The van der Waals surface area contributed by atoms with Gasteiger partial charge in [-0.25, -0.2) is 0 Å². The molecule has 0 aliphatic carbocycles. The van der Waals surface area contributed by atoms with Gasteiger partial charge in [-0.3, -0.25) is 0 Å². The van der Waals surface area contributed by atoms with Crippen molar-refractivity contribution in [1.82, 2.24) is 5.32 Å². The molecule has 1 unspecified atom stereocenters. The van der Waals surface area contributed by atoms with E-state index in [9.17, 15) is 0 Å². The van der Waals surface area contributed by atoms with Crippen molar-refractivity contribution in [1.29, 1.82) is 0 Å². The molecule has 2 N–H and O–H groups in total. The molecule has 1 atom stereocenters. The highest BCUT2D eigenvalue weighted by Crippen LogP contribution is 2.38. The molecular weight excluding hydrogens is 308 g/mol. The predicted molar refractivity (Wildman–Crippen MR) is 79.3 cm³/mol. The lowest BCUT2D eigenvalue weighted by molar-refractivity contribution is 0.171. The smallest absolute Gasteiger partial charge is 0.163 e. The summed E-state index contributed by atoms with van der Waals surface area (Å²) in [4.78, 5) is 0. The maximum atomic E-state index is 5.61. The molecule has 104 valence electrons. The van der Waals surface area contributed by atoms with Crippen LogP contribution in [0.3, 0.4) is 0 Å². The summed E-state index contributed by atoms with van der Waals surface area (Å²) in [5.41, 5.74) is 1.07. The van der Waals surface area contributed by atoms with Crippen molar-refractivity contribution < 1.29 is 9.47 Å². The Morgan fingerprint density at radius 1 is 1.21 bits per heavy atom. The lowest BCUT2D eigenvalue weighted by atomic mass is 10.1. The van der Waals surface area contributed by atoms with E-state index in [4.69, 9.17) is 9.47 Å². The zero-order valence-corrected chi connectivity index (χ0v) is 12.5. The molecule has 5 heteroatoms. The van der Waals surface area contributed by atoms with E-state index in [1.54, 1.807) is 0 Å². The molecule has 1 saturated heterocycles. The Balaban J connectivity index is 1.66. The molecule has 3 rings (SSSR count). The Hall–Kier alpha value is -0.940. The number of benzene rings is 1. The Bertz CT molecular complexity index is 447. The van der Waals surface area contributed by atoms with Gasteiger partial charge >= 0.3 is 0 Å². The molecule has 0 spiro atoms. The second-order valence-corrected chi connectivity index (χ2v) is 5.86. The second kappa shape index (κ2) is 6.01. The molecule has 0 radical (unpaired) electrons. The van der Waals surface area contributed by atoms with Crippen LogP contribution in [-0.2, 0) is 0 Å². The van der Waals surface area contributed by atoms with Gasteiger partial charge in [0.2, 0.25) is 0 Å². The number of piperidine rings is 1. The number of nitrogens with one attached hydrogen (secondary N) is 2. The summed E-state index contributed by atoms with van der Waals surface area (Å²) in [6.45, 7) is 3.32. The summed E-state index contributed by atoms with van der Waals surface area (Å²) in [6.07, 6.45) is 3.86. The zero-order chi connectivity index (χ0) is 13.1. The molecule has 1 aromatic carbocycles. The van der Waals surface area contributed by atoms with Crippen molar-refractivity contribution in [2.24, 2.45) is 0 Å². The van der Waals surface area contributed by atoms with E-state index in [0.29, 0.717) is 19.3 Å². The van der Waals surface area contributed by atoms with Crippen LogP contribution in [0.15, 0.2) is 16.6 Å². The minimum Gasteiger partial charge on any atom is -0.486 e. The maximum absolute atomic E-state index is 5.61. The number of hydrogen-bond acceptors (Lipinski definition) is 4. The van der Waals surface area contributed by atoms with E-state index in [-0.39, 0.29) is 0 Å². The van der Waals surface area contributed by atoms with E-state index < -0.39 is 0 Å². The Labute approximate surface area is 122 Å². The number of rotatable bonds is 3. The Morgan fingerprint density at radius 2 is 2.00 bits per heavy atom. The van der Waals surface area contributed by atoms with Crippen LogP contribution in [0.4, 0.5) is 5.69 Å². The molecule has 1 aromatic rings. The van der Waals surface area contributed by atoms with Gasteiger partial charge in [0.15, 0.2) is 11.5 Å². The van der Waals surface area contributed by atoms with Gasteiger partial charge in [-0.15, -0.1) is 0 Å². The van der Waals surface area contributed by atoms with Crippen molar-refractivity contribution in [3.05, 3.63) is 16.6 Å². The van der Waals surface area contributed by atoms with Crippen LogP contribution in [0, 0.1) is 0 Å². The fraction of sp³-hybridized carbons (Fsp3) is 0.571. The highest BCUT2D eigenvalue weighted by Gasteiger charge is 2.16. The Kier molecular flexibility index (Phi) is 4.13. The van der Waals surface area contributed by atoms with Crippen molar-refractivity contribution in [2.75, 3.05) is 31.6 Å². The topological polar surface area (TPSA) is 42.5 Å². The van der Waals surface area contributed by atoms with Crippen molar-refractivity contribution in [2.45, 2.75) is 25.3 Å². The SMILES string of the molecule is Brc1cc2c(cc1NCC1CCCCN1)OCCO2. The molecule has 2 aliphatic rings. The average Bonchev–Trinajstić information content (AvgIpc) is 2.46. The standard InChI is InChI=1S/C14H19BrN2O2/c15-11-7-13-14(19-6-5-18-13)8-12(11)17-9-10-3-1-2-4-16-10/h7-8,10,16-17H,1-6,9H2. The quantitative estimate of drug-likeness (QED) is 0.896. The first kappa shape index (κ1) is 13.1. The third-order valence-electron chi connectivity index (χ3n) is 3.58. The monoisotopic (exact) mass is 326 g/mol. The average molecular weight is 327 g/mol. The van der Waals surface area contributed by atoms with E-state index in [2.05, 4.69) is 26.6 Å². The minimum absolute atomic E-state index is 0.564. The third kappa shape index (κ3) is 3.15. The van der Waals surface area contributed by atoms with Gasteiger partial charge in [0.1, 0.15) is 13.2 Å². The molecule has 4 nitrogen and oxygen atoms in total.